The molecule has 0 amide bonds. The first-order chi connectivity index (χ1) is 26.8. The van der Waals surface area contributed by atoms with Crippen LogP contribution in [0.3, 0.4) is 0 Å². The van der Waals surface area contributed by atoms with Crippen LogP contribution in [-0.2, 0) is 0 Å². The van der Waals surface area contributed by atoms with E-state index in [1.54, 1.807) is 0 Å². The molecule has 0 unspecified atom stereocenters. The average Bonchev–Trinajstić information content (AvgIpc) is 3.26. The van der Waals surface area contributed by atoms with Crippen molar-refractivity contribution in [3.05, 3.63) is 206 Å². The number of fused-ring (bicyclic) bond motifs is 3. The van der Waals surface area contributed by atoms with Gasteiger partial charge in [0, 0.05) is 33.4 Å². The molecule has 0 saturated carbocycles. The number of hydrogen-bond donors (Lipinski definition) is 0. The highest BCUT2D eigenvalue weighted by atomic mass is 14.8. The van der Waals surface area contributed by atoms with Gasteiger partial charge in [0.05, 0.1) is 22.4 Å². The van der Waals surface area contributed by atoms with E-state index in [0.29, 0.717) is 0 Å². The van der Waals surface area contributed by atoms with Crippen LogP contribution in [0.2, 0.25) is 0 Å². The van der Waals surface area contributed by atoms with Crippen molar-refractivity contribution in [3.8, 4) is 67.0 Å². The Morgan fingerprint density at radius 2 is 0.537 bits per heavy atom. The summed E-state index contributed by atoms with van der Waals surface area (Å²) in [6, 6.07) is 73.4. The van der Waals surface area contributed by atoms with E-state index >= 15 is 0 Å². The zero-order chi connectivity index (χ0) is 35.8. The topological polar surface area (TPSA) is 25.8 Å². The smallest absolute Gasteiger partial charge is 0.0986 e. The van der Waals surface area contributed by atoms with Gasteiger partial charge in [-0.25, -0.2) is 9.97 Å². The van der Waals surface area contributed by atoms with Crippen molar-refractivity contribution < 1.29 is 0 Å². The van der Waals surface area contributed by atoms with E-state index < -0.39 is 0 Å². The second-order valence-corrected chi connectivity index (χ2v) is 13.7. The Bertz CT molecular complexity index is 2750. The Hall–Kier alpha value is -7.16. The summed E-state index contributed by atoms with van der Waals surface area (Å²) in [5.74, 6) is 0. The molecule has 252 valence electrons. The maximum Gasteiger partial charge on any atom is 0.0986 e. The molecule has 0 bridgehead atoms. The van der Waals surface area contributed by atoms with E-state index in [0.717, 1.165) is 78.1 Å². The summed E-state index contributed by atoms with van der Waals surface area (Å²) < 4.78 is 0. The summed E-state index contributed by atoms with van der Waals surface area (Å²) in [5.41, 5.74) is 14.3. The third kappa shape index (κ3) is 5.53. The summed E-state index contributed by atoms with van der Waals surface area (Å²) in [6.45, 7) is 0. The van der Waals surface area contributed by atoms with Crippen molar-refractivity contribution in [1.29, 1.82) is 0 Å². The Morgan fingerprint density at radius 1 is 0.222 bits per heavy atom. The van der Waals surface area contributed by atoms with Crippen LogP contribution in [0.1, 0.15) is 0 Å². The Morgan fingerprint density at radius 3 is 0.907 bits per heavy atom. The molecule has 2 heteroatoms. The molecule has 0 aliphatic heterocycles. The molecule has 0 fully saturated rings. The predicted octanol–water partition coefficient (Wildman–Crippen LogP) is 13.9. The minimum absolute atomic E-state index is 0.855. The van der Waals surface area contributed by atoms with Gasteiger partial charge >= 0.3 is 0 Å². The molecule has 10 aromatic rings. The van der Waals surface area contributed by atoms with E-state index in [1.807, 2.05) is 0 Å². The summed E-state index contributed by atoms with van der Waals surface area (Å²) in [7, 11) is 0. The van der Waals surface area contributed by atoms with Gasteiger partial charge in [-0.3, -0.25) is 0 Å². The van der Waals surface area contributed by atoms with Crippen LogP contribution in [0.15, 0.2) is 206 Å². The average molecular weight is 687 g/mol. The molecular weight excluding hydrogens is 653 g/mol. The quantitative estimate of drug-likeness (QED) is 0.174. The van der Waals surface area contributed by atoms with Crippen LogP contribution in [0, 0.1) is 0 Å². The molecule has 1 heterocycles. The highest BCUT2D eigenvalue weighted by Gasteiger charge is 2.28. The normalized spacial score (nSPS) is 11.3. The van der Waals surface area contributed by atoms with E-state index in [2.05, 4.69) is 206 Å². The Kier molecular flexibility index (Phi) is 7.85. The van der Waals surface area contributed by atoms with Crippen LogP contribution < -0.4 is 0 Å². The number of nitrogens with zero attached hydrogens (tertiary/aromatic N) is 2. The van der Waals surface area contributed by atoms with Gasteiger partial charge in [0.1, 0.15) is 0 Å². The van der Waals surface area contributed by atoms with Crippen molar-refractivity contribution in [2.75, 3.05) is 0 Å². The lowest BCUT2D eigenvalue weighted by atomic mass is 9.80. The fourth-order valence-electron chi connectivity index (χ4n) is 7.90. The Labute approximate surface area is 314 Å². The van der Waals surface area contributed by atoms with Gasteiger partial charge in [-0.05, 0) is 55.9 Å². The van der Waals surface area contributed by atoms with E-state index in [1.165, 1.54) is 21.5 Å². The molecular formula is C52H34N2. The van der Waals surface area contributed by atoms with E-state index in [9.17, 15) is 0 Å². The summed E-state index contributed by atoms with van der Waals surface area (Å²) >= 11 is 0. The van der Waals surface area contributed by atoms with E-state index in [4.69, 9.17) is 9.97 Å². The fraction of sp³-hybridized carbons (Fsp3) is 0. The largest absolute Gasteiger partial charge is 0.243 e. The second kappa shape index (κ2) is 13.4. The van der Waals surface area contributed by atoms with Gasteiger partial charge in [0.2, 0.25) is 0 Å². The predicted molar refractivity (Wildman–Crippen MR) is 227 cm³/mol. The van der Waals surface area contributed by atoms with Gasteiger partial charge in [-0.2, -0.15) is 0 Å². The zero-order valence-corrected chi connectivity index (χ0v) is 29.5. The standard InChI is InChI=1S/C52H34N2/c1-5-19-37(20-6-1)47-45(43-31-29-35-17-13-15-27-41(35)33-43)46(44-32-30-36-18-14-16-28-42(36)34-44)48(38-21-7-2-8-22-38)52-51(47)53-49(39-23-9-3-10-24-39)50(54-52)40-25-11-4-12-26-40/h1-34H. The third-order valence-electron chi connectivity index (χ3n) is 10.4. The lowest BCUT2D eigenvalue weighted by Crippen LogP contribution is -2.03. The molecule has 2 nitrogen and oxygen atoms in total. The van der Waals surface area contributed by atoms with Crippen LogP contribution in [-0.4, -0.2) is 9.97 Å². The highest BCUT2D eigenvalue weighted by Crippen LogP contribution is 2.51. The van der Waals surface area contributed by atoms with Crippen molar-refractivity contribution in [2.45, 2.75) is 0 Å². The SMILES string of the molecule is c1ccc(-c2nc3c(-c4ccccc4)c(-c4ccc5ccccc5c4)c(-c4ccc5ccccc5c4)c(-c4ccccc4)c3nc2-c2ccccc2)cc1. The first-order valence-electron chi connectivity index (χ1n) is 18.4. The van der Waals surface area contributed by atoms with Gasteiger partial charge in [0.15, 0.2) is 0 Å². The lowest BCUT2D eigenvalue weighted by Gasteiger charge is -2.24. The number of benzene rings is 9. The lowest BCUT2D eigenvalue weighted by molar-refractivity contribution is 1.29. The number of hydrogen-bond acceptors (Lipinski definition) is 2. The first kappa shape index (κ1) is 31.6. The fourth-order valence-corrected chi connectivity index (χ4v) is 7.90. The Balaban J connectivity index is 1.47. The number of rotatable bonds is 6. The van der Waals surface area contributed by atoms with Gasteiger partial charge in [0.25, 0.3) is 0 Å². The van der Waals surface area contributed by atoms with Crippen molar-refractivity contribution >= 4 is 32.6 Å². The summed E-state index contributed by atoms with van der Waals surface area (Å²) in [6.07, 6.45) is 0. The van der Waals surface area contributed by atoms with Crippen LogP contribution in [0.25, 0.3) is 99.6 Å². The molecule has 1 aromatic heterocycles. The molecule has 0 aliphatic carbocycles. The molecule has 0 spiro atoms. The minimum atomic E-state index is 0.855. The highest BCUT2D eigenvalue weighted by molar-refractivity contribution is 6.17. The molecule has 0 saturated heterocycles. The maximum atomic E-state index is 5.76. The van der Waals surface area contributed by atoms with Crippen LogP contribution in [0.5, 0.6) is 0 Å². The third-order valence-corrected chi connectivity index (χ3v) is 10.4. The van der Waals surface area contributed by atoms with Gasteiger partial charge < -0.3 is 0 Å². The van der Waals surface area contributed by atoms with Crippen LogP contribution in [0.4, 0.5) is 0 Å². The molecule has 0 atom stereocenters. The monoisotopic (exact) mass is 686 g/mol. The molecule has 0 N–H and O–H groups in total. The van der Waals surface area contributed by atoms with Crippen molar-refractivity contribution in [2.24, 2.45) is 0 Å². The summed E-state index contributed by atoms with van der Waals surface area (Å²) in [4.78, 5) is 11.5. The van der Waals surface area contributed by atoms with Crippen molar-refractivity contribution in [3.63, 3.8) is 0 Å². The van der Waals surface area contributed by atoms with Crippen molar-refractivity contribution in [1.82, 2.24) is 9.97 Å². The molecule has 9 aromatic carbocycles. The summed E-state index contributed by atoms with van der Waals surface area (Å²) in [5, 5.41) is 4.79. The van der Waals surface area contributed by atoms with Crippen LogP contribution >= 0.6 is 0 Å². The van der Waals surface area contributed by atoms with E-state index in [-0.39, 0.29) is 0 Å². The molecule has 10 rings (SSSR count). The maximum absolute atomic E-state index is 5.76. The molecule has 54 heavy (non-hydrogen) atoms. The molecule has 0 aliphatic rings. The minimum Gasteiger partial charge on any atom is -0.243 e. The van der Waals surface area contributed by atoms with Gasteiger partial charge in [-0.1, -0.05) is 194 Å². The van der Waals surface area contributed by atoms with Gasteiger partial charge in [-0.15, -0.1) is 0 Å². The first-order valence-corrected chi connectivity index (χ1v) is 18.4. The number of aromatic nitrogens is 2. The second-order valence-electron chi connectivity index (χ2n) is 13.7. The zero-order valence-electron chi connectivity index (χ0n) is 29.5. The molecule has 0 radical (unpaired) electrons.